The maximum Gasteiger partial charge on any atom is 0.194 e. The molecule has 29 heavy (non-hydrogen) atoms. The molecule has 3 rings (SSSR count). The van der Waals surface area contributed by atoms with Gasteiger partial charge in [0.05, 0.1) is 19.3 Å². The van der Waals surface area contributed by atoms with Crippen LogP contribution in [0.2, 0.25) is 0 Å². The highest BCUT2D eigenvalue weighted by Crippen LogP contribution is 2.21. The number of rotatable bonds is 7. The zero-order chi connectivity index (χ0) is 20.6. The topological polar surface area (TPSA) is 67.2 Å². The van der Waals surface area contributed by atoms with Crippen LogP contribution in [0.15, 0.2) is 41.7 Å². The van der Waals surface area contributed by atoms with Gasteiger partial charge >= 0.3 is 0 Å². The molecular weight excluding hydrogens is 368 g/mol. The van der Waals surface area contributed by atoms with Crippen LogP contribution in [-0.2, 0) is 18.3 Å². The molecule has 1 N–H and O–H groups in total. The highest BCUT2D eigenvalue weighted by Gasteiger charge is 2.25. The van der Waals surface area contributed by atoms with Crippen molar-refractivity contribution in [3.8, 4) is 5.75 Å². The predicted octanol–water partition coefficient (Wildman–Crippen LogP) is 1.51. The average Bonchev–Trinajstić information content (AvgIpc) is 3.15. The molecular formula is C21H32N6O2. The number of benzene rings is 1. The summed E-state index contributed by atoms with van der Waals surface area (Å²) < 4.78 is 13.6. The van der Waals surface area contributed by atoms with Gasteiger partial charge in [-0.3, -0.25) is 9.67 Å². The molecule has 2 aromatic rings. The minimum absolute atomic E-state index is 0.00410. The fraction of sp³-hybridized carbons (Fsp3) is 0.524. The Morgan fingerprint density at radius 3 is 3.00 bits per heavy atom. The summed E-state index contributed by atoms with van der Waals surface area (Å²) >= 11 is 0. The van der Waals surface area contributed by atoms with Crippen LogP contribution in [0.3, 0.4) is 0 Å². The third-order valence-corrected chi connectivity index (χ3v) is 4.83. The quantitative estimate of drug-likeness (QED) is 0.561. The predicted molar refractivity (Wildman–Crippen MR) is 114 cm³/mol. The molecule has 1 aromatic heterocycles. The molecule has 0 aliphatic carbocycles. The van der Waals surface area contributed by atoms with Gasteiger partial charge < -0.3 is 24.6 Å². The van der Waals surface area contributed by atoms with Crippen molar-refractivity contribution >= 4 is 5.96 Å². The lowest BCUT2D eigenvalue weighted by molar-refractivity contribution is -0.00805. The number of nitrogens with zero attached hydrogens (tertiary/aromatic N) is 5. The number of morpholine rings is 1. The normalized spacial score (nSPS) is 17.6. The van der Waals surface area contributed by atoms with E-state index in [0.29, 0.717) is 19.8 Å². The molecule has 8 nitrogen and oxygen atoms in total. The summed E-state index contributed by atoms with van der Waals surface area (Å²) in [6.07, 6.45) is 3.88. The summed E-state index contributed by atoms with van der Waals surface area (Å²) in [5.74, 6) is 1.77. The molecule has 1 aliphatic rings. The maximum atomic E-state index is 5.94. The Hall–Kier alpha value is -2.58. The molecule has 8 heteroatoms. The van der Waals surface area contributed by atoms with E-state index in [1.165, 1.54) is 0 Å². The monoisotopic (exact) mass is 400 g/mol. The second kappa shape index (κ2) is 10.3. The van der Waals surface area contributed by atoms with E-state index in [0.717, 1.165) is 42.5 Å². The number of ether oxygens (including phenoxy) is 2. The zero-order valence-corrected chi connectivity index (χ0v) is 17.8. The first kappa shape index (κ1) is 21.1. The van der Waals surface area contributed by atoms with E-state index in [9.17, 15) is 0 Å². The maximum absolute atomic E-state index is 5.94. The second-order valence-corrected chi connectivity index (χ2v) is 7.45. The first-order valence-corrected chi connectivity index (χ1v) is 9.97. The van der Waals surface area contributed by atoms with Gasteiger partial charge in [0.25, 0.3) is 0 Å². The first-order chi connectivity index (χ1) is 14.0. The van der Waals surface area contributed by atoms with Gasteiger partial charge in [0, 0.05) is 45.5 Å². The molecule has 158 valence electrons. The van der Waals surface area contributed by atoms with Crippen LogP contribution in [0.5, 0.6) is 5.75 Å². The van der Waals surface area contributed by atoms with Gasteiger partial charge in [-0.2, -0.15) is 5.10 Å². The Bertz CT molecular complexity index is 804. The number of hydrogen-bond donors (Lipinski definition) is 1. The first-order valence-electron chi connectivity index (χ1n) is 9.97. The minimum atomic E-state index is 0.00410. The number of nitrogens with one attached hydrogen (secondary N) is 1. The third kappa shape index (κ3) is 6.20. The molecule has 0 amide bonds. The molecule has 0 saturated carbocycles. The summed E-state index contributed by atoms with van der Waals surface area (Å²) in [4.78, 5) is 8.81. The summed E-state index contributed by atoms with van der Waals surface area (Å²) in [5, 5.41) is 7.72. The number of likely N-dealkylation sites (N-methyl/N-ethyl adjacent to an activating group) is 1. The number of hydrogen-bond acceptors (Lipinski definition) is 5. The van der Waals surface area contributed by atoms with Gasteiger partial charge in [0.15, 0.2) is 5.96 Å². The van der Waals surface area contributed by atoms with E-state index in [4.69, 9.17) is 9.47 Å². The lowest BCUT2D eigenvalue weighted by Gasteiger charge is -2.34. The van der Waals surface area contributed by atoms with E-state index in [-0.39, 0.29) is 6.10 Å². The molecule has 0 radical (unpaired) electrons. The highest BCUT2D eigenvalue weighted by atomic mass is 16.5. The van der Waals surface area contributed by atoms with E-state index < -0.39 is 0 Å². The Morgan fingerprint density at radius 2 is 2.28 bits per heavy atom. The van der Waals surface area contributed by atoms with Crippen molar-refractivity contribution < 1.29 is 9.47 Å². The number of guanidine groups is 1. The average molecular weight is 401 g/mol. The Labute approximate surface area is 173 Å². The molecule has 1 unspecified atom stereocenters. The van der Waals surface area contributed by atoms with Crippen LogP contribution >= 0.6 is 0 Å². The molecule has 1 saturated heterocycles. The van der Waals surface area contributed by atoms with Crippen molar-refractivity contribution in [1.82, 2.24) is 24.9 Å². The van der Waals surface area contributed by atoms with E-state index in [1.54, 1.807) is 4.68 Å². The Kier molecular flexibility index (Phi) is 7.48. The van der Waals surface area contributed by atoms with Crippen molar-refractivity contribution in [2.24, 2.45) is 12.0 Å². The van der Waals surface area contributed by atoms with Crippen LogP contribution in [0.25, 0.3) is 0 Å². The van der Waals surface area contributed by atoms with Crippen LogP contribution in [0, 0.1) is 0 Å². The fourth-order valence-corrected chi connectivity index (χ4v) is 3.25. The SMILES string of the molecule is CN=C(NCc1cccc(OCCN(C)C)c1)N1CCOC(c2cnn(C)c2)C1. The number of aromatic nitrogens is 2. The minimum Gasteiger partial charge on any atom is -0.492 e. The van der Waals surface area contributed by atoms with Crippen molar-refractivity contribution in [3.63, 3.8) is 0 Å². The molecule has 2 heterocycles. The fourth-order valence-electron chi connectivity index (χ4n) is 3.25. The molecule has 0 bridgehead atoms. The van der Waals surface area contributed by atoms with E-state index in [1.807, 2.05) is 52.7 Å². The van der Waals surface area contributed by atoms with Gasteiger partial charge in [-0.1, -0.05) is 12.1 Å². The van der Waals surface area contributed by atoms with Crippen LogP contribution < -0.4 is 10.1 Å². The lowest BCUT2D eigenvalue weighted by atomic mass is 10.1. The number of aliphatic imine (C=N–C) groups is 1. The Morgan fingerprint density at radius 1 is 1.41 bits per heavy atom. The zero-order valence-electron chi connectivity index (χ0n) is 17.8. The number of aryl methyl sites for hydroxylation is 1. The largest absolute Gasteiger partial charge is 0.492 e. The molecule has 1 atom stereocenters. The van der Waals surface area contributed by atoms with Crippen molar-refractivity contribution in [2.75, 3.05) is 54.0 Å². The van der Waals surface area contributed by atoms with Crippen LogP contribution in [0.4, 0.5) is 0 Å². The van der Waals surface area contributed by atoms with Crippen LogP contribution in [0.1, 0.15) is 17.2 Å². The highest BCUT2D eigenvalue weighted by molar-refractivity contribution is 5.80. The van der Waals surface area contributed by atoms with E-state index >= 15 is 0 Å². The van der Waals surface area contributed by atoms with Gasteiger partial charge in [0.2, 0.25) is 0 Å². The molecule has 0 spiro atoms. The smallest absolute Gasteiger partial charge is 0.194 e. The summed E-state index contributed by atoms with van der Waals surface area (Å²) in [7, 11) is 7.82. The van der Waals surface area contributed by atoms with Crippen molar-refractivity contribution in [2.45, 2.75) is 12.6 Å². The van der Waals surface area contributed by atoms with Crippen molar-refractivity contribution in [1.29, 1.82) is 0 Å². The van der Waals surface area contributed by atoms with Gasteiger partial charge in [-0.25, -0.2) is 0 Å². The standard InChI is InChI=1S/C21H32N6O2/c1-22-21(27-9-11-29-20(16-27)18-14-24-26(4)15-18)23-13-17-6-5-7-19(12-17)28-10-8-25(2)3/h5-7,12,14-15,20H,8-11,13,16H2,1-4H3,(H,22,23). The van der Waals surface area contributed by atoms with Crippen LogP contribution in [-0.4, -0.2) is 79.5 Å². The van der Waals surface area contributed by atoms with Gasteiger partial charge in [0.1, 0.15) is 18.5 Å². The molecule has 1 aromatic carbocycles. The van der Waals surface area contributed by atoms with E-state index in [2.05, 4.69) is 37.3 Å². The van der Waals surface area contributed by atoms with Crippen molar-refractivity contribution in [3.05, 3.63) is 47.8 Å². The van der Waals surface area contributed by atoms with Gasteiger partial charge in [-0.05, 0) is 31.8 Å². The molecule has 1 aliphatic heterocycles. The summed E-state index contributed by atoms with van der Waals surface area (Å²) in [6, 6.07) is 8.19. The summed E-state index contributed by atoms with van der Waals surface area (Å²) in [6.45, 7) is 4.48. The lowest BCUT2D eigenvalue weighted by Crippen LogP contribution is -2.47. The molecule has 1 fully saturated rings. The Balaban J connectivity index is 1.55. The van der Waals surface area contributed by atoms with Gasteiger partial charge in [-0.15, -0.1) is 0 Å². The third-order valence-electron chi connectivity index (χ3n) is 4.83. The summed E-state index contributed by atoms with van der Waals surface area (Å²) in [5.41, 5.74) is 2.25. The second-order valence-electron chi connectivity index (χ2n) is 7.45.